The van der Waals surface area contributed by atoms with Gasteiger partial charge in [0, 0.05) is 20.0 Å². The van der Waals surface area contributed by atoms with Gasteiger partial charge < -0.3 is 0 Å². The molecule has 0 spiro atoms. The zero-order chi connectivity index (χ0) is 14.2. The number of hydrogen-bond donors (Lipinski definition) is 0. The van der Waals surface area contributed by atoms with Crippen molar-refractivity contribution < 1.29 is 9.59 Å². The first-order valence-electron chi connectivity index (χ1n) is 6.90. The van der Waals surface area contributed by atoms with Crippen LogP contribution < -0.4 is 5.01 Å². The summed E-state index contributed by atoms with van der Waals surface area (Å²) in [6.45, 7) is 0.715. The smallest absolute Gasteiger partial charge is 0.242 e. The number of carbonyl (C=O) groups is 1. The van der Waals surface area contributed by atoms with E-state index in [9.17, 15) is 9.59 Å². The van der Waals surface area contributed by atoms with Crippen LogP contribution in [0.3, 0.4) is 0 Å². The van der Waals surface area contributed by atoms with E-state index in [-0.39, 0.29) is 11.4 Å². The summed E-state index contributed by atoms with van der Waals surface area (Å²) in [5.74, 6) is 0.134. The molecular weight excluding hydrogens is 254 g/mol. The van der Waals surface area contributed by atoms with Crippen molar-refractivity contribution in [3.8, 4) is 0 Å². The first kappa shape index (κ1) is 12.9. The molecule has 2 aliphatic rings. The Kier molecular flexibility index (Phi) is 3.07. The molecule has 5 heteroatoms. The van der Waals surface area contributed by atoms with Crippen molar-refractivity contribution in [3.05, 3.63) is 29.8 Å². The van der Waals surface area contributed by atoms with E-state index in [1.165, 1.54) is 0 Å². The minimum Gasteiger partial charge on any atom is -0.283 e. The second-order valence-electron chi connectivity index (χ2n) is 5.43. The van der Waals surface area contributed by atoms with Crippen LogP contribution in [0.5, 0.6) is 0 Å². The van der Waals surface area contributed by atoms with Gasteiger partial charge in [0.05, 0.1) is 11.2 Å². The standard InChI is InChI=1S/C15H17N3O2/c1-17-14(20)7-10-18(17)13-5-3-12(4-6-13)15(16-11-19)8-2-9-15/h3-6H,2,7-10H2,1H3. The van der Waals surface area contributed by atoms with Crippen LogP contribution >= 0.6 is 0 Å². The van der Waals surface area contributed by atoms with Crippen LogP contribution in [0.1, 0.15) is 31.2 Å². The third-order valence-electron chi connectivity index (χ3n) is 4.40. The molecule has 5 nitrogen and oxygen atoms in total. The maximum absolute atomic E-state index is 11.6. The number of hydrazine groups is 1. The average Bonchev–Trinajstić information content (AvgIpc) is 2.75. The number of carbonyl (C=O) groups excluding carboxylic acids is 2. The number of nitrogens with zero attached hydrogens (tertiary/aromatic N) is 3. The molecule has 0 N–H and O–H groups in total. The number of aliphatic imine (C=N–C) groups is 1. The first-order chi connectivity index (χ1) is 9.66. The summed E-state index contributed by atoms with van der Waals surface area (Å²) in [6.07, 6.45) is 5.16. The van der Waals surface area contributed by atoms with Crippen molar-refractivity contribution >= 4 is 17.7 Å². The molecule has 2 fully saturated rings. The number of anilines is 1. The Balaban J connectivity index is 1.85. The van der Waals surface area contributed by atoms with Crippen molar-refractivity contribution in [1.29, 1.82) is 0 Å². The highest BCUT2D eigenvalue weighted by molar-refractivity contribution is 5.81. The van der Waals surface area contributed by atoms with Crippen LogP contribution in [0, 0.1) is 0 Å². The van der Waals surface area contributed by atoms with Gasteiger partial charge in [-0.2, -0.15) is 4.99 Å². The minimum absolute atomic E-state index is 0.134. The summed E-state index contributed by atoms with van der Waals surface area (Å²) in [5.41, 5.74) is 1.70. The van der Waals surface area contributed by atoms with E-state index in [1.807, 2.05) is 29.3 Å². The van der Waals surface area contributed by atoms with Crippen LogP contribution in [-0.2, 0) is 15.1 Å². The van der Waals surface area contributed by atoms with Crippen LogP contribution in [0.25, 0.3) is 0 Å². The molecule has 1 heterocycles. The molecule has 104 valence electrons. The number of amides is 1. The van der Waals surface area contributed by atoms with Crippen molar-refractivity contribution in [2.75, 3.05) is 18.6 Å². The third-order valence-corrected chi connectivity index (χ3v) is 4.40. The molecule has 1 saturated heterocycles. The molecule has 0 unspecified atom stereocenters. The normalized spacial score (nSPS) is 20.6. The van der Waals surface area contributed by atoms with Crippen molar-refractivity contribution in [1.82, 2.24) is 5.01 Å². The molecule has 1 aliphatic heterocycles. The first-order valence-corrected chi connectivity index (χ1v) is 6.90. The van der Waals surface area contributed by atoms with Crippen molar-refractivity contribution in [2.45, 2.75) is 31.2 Å². The summed E-state index contributed by atoms with van der Waals surface area (Å²) in [5, 5.41) is 3.61. The minimum atomic E-state index is -0.354. The van der Waals surface area contributed by atoms with E-state index < -0.39 is 0 Å². The Bertz CT molecular complexity index is 571. The fourth-order valence-corrected chi connectivity index (χ4v) is 2.96. The summed E-state index contributed by atoms with van der Waals surface area (Å²) < 4.78 is 0. The second kappa shape index (κ2) is 4.76. The largest absolute Gasteiger partial charge is 0.283 e. The Labute approximate surface area is 117 Å². The van der Waals surface area contributed by atoms with E-state index in [2.05, 4.69) is 4.99 Å². The SMILES string of the molecule is CN1C(=O)CCN1c1ccc(C2(N=C=O)CCC2)cc1. The van der Waals surface area contributed by atoms with Gasteiger partial charge in [-0.25, -0.2) is 4.79 Å². The maximum atomic E-state index is 11.6. The zero-order valence-electron chi connectivity index (χ0n) is 11.5. The van der Waals surface area contributed by atoms with Crippen molar-refractivity contribution in [3.63, 3.8) is 0 Å². The van der Waals surface area contributed by atoms with Gasteiger partial charge in [-0.3, -0.25) is 14.8 Å². The highest BCUT2D eigenvalue weighted by atomic mass is 16.2. The van der Waals surface area contributed by atoms with Crippen LogP contribution in [0.2, 0.25) is 0 Å². The van der Waals surface area contributed by atoms with Gasteiger partial charge in [0.25, 0.3) is 0 Å². The van der Waals surface area contributed by atoms with Crippen LogP contribution in [0.15, 0.2) is 29.3 Å². The number of benzene rings is 1. The van der Waals surface area contributed by atoms with E-state index in [0.29, 0.717) is 13.0 Å². The Hall–Kier alpha value is -2.13. The second-order valence-corrected chi connectivity index (χ2v) is 5.43. The maximum Gasteiger partial charge on any atom is 0.242 e. The van der Waals surface area contributed by atoms with Gasteiger partial charge in [-0.1, -0.05) is 12.1 Å². The Morgan fingerprint density at radius 3 is 2.40 bits per heavy atom. The summed E-state index contributed by atoms with van der Waals surface area (Å²) in [7, 11) is 1.79. The molecule has 1 aromatic rings. The van der Waals surface area contributed by atoms with E-state index >= 15 is 0 Å². The lowest BCUT2D eigenvalue weighted by Crippen LogP contribution is -2.35. The van der Waals surface area contributed by atoms with Gasteiger partial charge in [0.15, 0.2) is 0 Å². The summed E-state index contributed by atoms with van der Waals surface area (Å²) in [4.78, 5) is 26.2. The van der Waals surface area contributed by atoms with Gasteiger partial charge in [0.2, 0.25) is 12.0 Å². The number of hydrogen-bond acceptors (Lipinski definition) is 4. The van der Waals surface area contributed by atoms with Gasteiger partial charge in [-0.15, -0.1) is 0 Å². The van der Waals surface area contributed by atoms with Crippen molar-refractivity contribution in [2.24, 2.45) is 4.99 Å². The van der Waals surface area contributed by atoms with E-state index in [0.717, 1.165) is 30.5 Å². The predicted octanol–water partition coefficient (Wildman–Crippen LogP) is 1.99. The van der Waals surface area contributed by atoms with Gasteiger partial charge in [-0.05, 0) is 37.0 Å². The van der Waals surface area contributed by atoms with E-state index in [1.54, 1.807) is 18.1 Å². The fourth-order valence-electron chi connectivity index (χ4n) is 2.96. The lowest BCUT2D eigenvalue weighted by molar-refractivity contribution is -0.126. The molecule has 1 aromatic carbocycles. The topological polar surface area (TPSA) is 53.0 Å². The van der Waals surface area contributed by atoms with Gasteiger partial charge in [0.1, 0.15) is 0 Å². The summed E-state index contributed by atoms with van der Waals surface area (Å²) >= 11 is 0. The summed E-state index contributed by atoms with van der Waals surface area (Å²) in [6, 6.07) is 7.99. The number of rotatable bonds is 3. The van der Waals surface area contributed by atoms with E-state index in [4.69, 9.17) is 0 Å². The fraction of sp³-hybridized carbons (Fsp3) is 0.467. The monoisotopic (exact) mass is 271 g/mol. The lowest BCUT2D eigenvalue weighted by atomic mass is 9.72. The number of isocyanates is 1. The molecule has 0 radical (unpaired) electrons. The molecule has 1 saturated carbocycles. The molecular formula is C15H17N3O2. The Morgan fingerprint density at radius 1 is 1.25 bits per heavy atom. The molecule has 3 rings (SSSR count). The lowest BCUT2D eigenvalue weighted by Gasteiger charge is -2.37. The van der Waals surface area contributed by atoms with Crippen LogP contribution in [-0.4, -0.2) is 30.6 Å². The highest BCUT2D eigenvalue weighted by Gasteiger charge is 2.38. The third kappa shape index (κ3) is 1.91. The molecule has 0 bridgehead atoms. The molecule has 0 aromatic heterocycles. The molecule has 1 amide bonds. The molecule has 20 heavy (non-hydrogen) atoms. The molecule has 0 atom stereocenters. The quantitative estimate of drug-likeness (QED) is 0.624. The molecule has 1 aliphatic carbocycles. The Morgan fingerprint density at radius 2 is 1.95 bits per heavy atom. The zero-order valence-corrected chi connectivity index (χ0v) is 11.5. The van der Waals surface area contributed by atoms with Gasteiger partial charge >= 0.3 is 0 Å². The highest BCUT2D eigenvalue weighted by Crippen LogP contribution is 2.45. The van der Waals surface area contributed by atoms with Crippen LogP contribution in [0.4, 0.5) is 5.69 Å². The average molecular weight is 271 g/mol. The predicted molar refractivity (Wildman–Crippen MR) is 74.8 cm³/mol.